The number of rotatable bonds is 4. The van der Waals surface area contributed by atoms with Gasteiger partial charge in [0.2, 0.25) is 0 Å². The van der Waals surface area contributed by atoms with Gasteiger partial charge in [0.15, 0.2) is 5.82 Å². The van der Waals surface area contributed by atoms with Crippen LogP contribution in [0.4, 0.5) is 31.2 Å². The minimum Gasteiger partial charge on any atom is -0.494 e. The lowest BCUT2D eigenvalue weighted by Crippen LogP contribution is -2.41. The van der Waals surface area contributed by atoms with Crippen molar-refractivity contribution in [3.8, 4) is 5.75 Å². The second kappa shape index (κ2) is 9.22. The largest absolute Gasteiger partial charge is 0.494 e. The number of amides is 2. The molecule has 0 saturated carbocycles. The SMILES string of the molecule is COc1cc2ncnc(Nc3cccc(Cl)c3F)c2cc1N1C(=O)O[C@H]2CN(C(=O)OC(C)(C)C)C[C@H]21. The van der Waals surface area contributed by atoms with Crippen molar-refractivity contribution in [2.45, 2.75) is 38.5 Å². The summed E-state index contributed by atoms with van der Waals surface area (Å²) in [6.45, 7) is 5.80. The molecular weight excluding hydrogens is 505 g/mol. The fourth-order valence-corrected chi connectivity index (χ4v) is 4.62. The van der Waals surface area contributed by atoms with Gasteiger partial charge in [-0.2, -0.15) is 0 Å². The fraction of sp³-hybridized carbons (Fsp3) is 0.360. The molecule has 2 fully saturated rings. The highest BCUT2D eigenvalue weighted by Gasteiger charge is 2.51. The number of nitrogens with one attached hydrogen (secondary N) is 1. The second-order valence-electron chi connectivity index (χ2n) is 9.73. The molecule has 0 bridgehead atoms. The molecule has 194 valence electrons. The van der Waals surface area contributed by atoms with Crippen LogP contribution in [0.3, 0.4) is 0 Å². The van der Waals surface area contributed by atoms with E-state index in [0.29, 0.717) is 28.2 Å². The average molecular weight is 530 g/mol. The van der Waals surface area contributed by atoms with Gasteiger partial charge in [0.05, 0.1) is 41.6 Å². The summed E-state index contributed by atoms with van der Waals surface area (Å²) in [5, 5.41) is 3.43. The van der Waals surface area contributed by atoms with E-state index in [-0.39, 0.29) is 23.8 Å². The summed E-state index contributed by atoms with van der Waals surface area (Å²) in [5.41, 5.74) is 0.391. The number of hydrogen-bond donors (Lipinski definition) is 1. The Morgan fingerprint density at radius 3 is 2.76 bits per heavy atom. The zero-order chi connectivity index (χ0) is 26.5. The Bertz CT molecular complexity index is 1400. The van der Waals surface area contributed by atoms with Gasteiger partial charge < -0.3 is 24.4 Å². The lowest BCUT2D eigenvalue weighted by Gasteiger charge is -2.26. The molecule has 5 rings (SSSR count). The molecule has 0 aliphatic carbocycles. The number of ether oxygens (including phenoxy) is 3. The molecule has 2 aromatic carbocycles. The van der Waals surface area contributed by atoms with Crippen molar-refractivity contribution < 1.29 is 28.2 Å². The zero-order valence-electron chi connectivity index (χ0n) is 20.6. The van der Waals surface area contributed by atoms with Crippen LogP contribution in [0.2, 0.25) is 5.02 Å². The van der Waals surface area contributed by atoms with Gasteiger partial charge in [0.1, 0.15) is 29.6 Å². The maximum atomic E-state index is 14.6. The molecule has 0 spiro atoms. The summed E-state index contributed by atoms with van der Waals surface area (Å²) in [4.78, 5) is 37.2. The van der Waals surface area contributed by atoms with Crippen molar-refractivity contribution in [2.24, 2.45) is 0 Å². The van der Waals surface area contributed by atoms with Crippen molar-refractivity contribution in [1.29, 1.82) is 0 Å². The summed E-state index contributed by atoms with van der Waals surface area (Å²) in [6, 6.07) is 7.47. The van der Waals surface area contributed by atoms with Gasteiger partial charge in [-0.15, -0.1) is 0 Å². The van der Waals surface area contributed by atoms with E-state index >= 15 is 0 Å². The molecule has 2 atom stereocenters. The normalized spacial score (nSPS) is 19.1. The van der Waals surface area contributed by atoms with Crippen molar-refractivity contribution >= 4 is 51.9 Å². The molecule has 0 unspecified atom stereocenters. The van der Waals surface area contributed by atoms with E-state index in [4.69, 9.17) is 25.8 Å². The summed E-state index contributed by atoms with van der Waals surface area (Å²) < 4.78 is 31.2. The number of benzene rings is 2. The molecule has 2 aliphatic heterocycles. The lowest BCUT2D eigenvalue weighted by molar-refractivity contribution is 0.0261. The van der Waals surface area contributed by atoms with Crippen LogP contribution in [0.25, 0.3) is 10.9 Å². The molecule has 37 heavy (non-hydrogen) atoms. The Labute approximate surface area is 217 Å². The highest BCUT2D eigenvalue weighted by molar-refractivity contribution is 6.31. The van der Waals surface area contributed by atoms with Gasteiger partial charge in [0.25, 0.3) is 0 Å². The van der Waals surface area contributed by atoms with Crippen molar-refractivity contribution in [1.82, 2.24) is 14.9 Å². The predicted molar refractivity (Wildman–Crippen MR) is 135 cm³/mol. The molecule has 1 aromatic heterocycles. The summed E-state index contributed by atoms with van der Waals surface area (Å²) in [6.07, 6.45) is -0.247. The van der Waals surface area contributed by atoms with E-state index < -0.39 is 35.8 Å². The predicted octanol–water partition coefficient (Wildman–Crippen LogP) is 5.12. The third kappa shape index (κ3) is 4.66. The Hall–Kier alpha value is -3.86. The molecule has 2 aliphatic rings. The van der Waals surface area contributed by atoms with E-state index in [0.717, 1.165) is 0 Å². The average Bonchev–Trinajstić information content (AvgIpc) is 3.37. The first-order valence-electron chi connectivity index (χ1n) is 11.6. The first kappa shape index (κ1) is 24.8. The first-order chi connectivity index (χ1) is 17.6. The molecule has 3 aromatic rings. The molecule has 2 saturated heterocycles. The van der Waals surface area contributed by atoms with Gasteiger partial charge in [-0.25, -0.2) is 23.9 Å². The summed E-state index contributed by atoms with van der Waals surface area (Å²) >= 11 is 5.93. The zero-order valence-corrected chi connectivity index (χ0v) is 21.4. The number of hydrogen-bond acceptors (Lipinski definition) is 8. The van der Waals surface area contributed by atoms with Gasteiger partial charge in [-0.05, 0) is 39.0 Å². The maximum absolute atomic E-state index is 14.6. The highest BCUT2D eigenvalue weighted by atomic mass is 35.5. The second-order valence-corrected chi connectivity index (χ2v) is 10.1. The number of likely N-dealkylation sites (tertiary alicyclic amines) is 1. The van der Waals surface area contributed by atoms with Crippen LogP contribution < -0.4 is 15.0 Å². The number of fused-ring (bicyclic) bond motifs is 2. The molecular formula is C25H25ClFN5O5. The van der Waals surface area contributed by atoms with Crippen LogP contribution in [-0.4, -0.2) is 65.0 Å². The standard InChI is InChI=1S/C25H25ClFN5O5/c1-25(2,3)37-23(33)31-10-18-20(11-31)36-24(34)32(18)17-8-13-16(9-19(17)35-4)28-12-29-22(13)30-15-7-5-6-14(26)21(15)27/h5-9,12,18,20H,10-11H2,1-4H3,(H,28,29,30)/t18-,20+/m1/s1. The topological polar surface area (TPSA) is 106 Å². The van der Waals surface area contributed by atoms with Crippen LogP contribution in [0.5, 0.6) is 5.75 Å². The van der Waals surface area contributed by atoms with Crippen LogP contribution in [0.15, 0.2) is 36.7 Å². The quantitative estimate of drug-likeness (QED) is 0.496. The third-order valence-electron chi connectivity index (χ3n) is 6.07. The number of methoxy groups -OCH3 is 1. The number of aromatic nitrogens is 2. The minimum absolute atomic E-state index is 0.0349. The van der Waals surface area contributed by atoms with Crippen LogP contribution in [-0.2, 0) is 9.47 Å². The Morgan fingerprint density at radius 2 is 2.03 bits per heavy atom. The number of carbonyl (C=O) groups excluding carboxylic acids is 2. The van der Waals surface area contributed by atoms with Gasteiger partial charge in [0, 0.05) is 18.0 Å². The minimum atomic E-state index is -0.654. The highest BCUT2D eigenvalue weighted by Crippen LogP contribution is 2.41. The molecule has 12 heteroatoms. The fourth-order valence-electron chi connectivity index (χ4n) is 4.45. The maximum Gasteiger partial charge on any atom is 0.415 e. The first-order valence-corrected chi connectivity index (χ1v) is 11.9. The monoisotopic (exact) mass is 529 g/mol. The Balaban J connectivity index is 1.51. The molecule has 2 amide bonds. The summed E-state index contributed by atoms with van der Waals surface area (Å²) in [5.74, 6) is 0.0595. The Kier molecular flexibility index (Phi) is 6.18. The van der Waals surface area contributed by atoms with E-state index in [1.807, 2.05) is 0 Å². The van der Waals surface area contributed by atoms with Crippen molar-refractivity contribution in [2.75, 3.05) is 30.4 Å². The van der Waals surface area contributed by atoms with Gasteiger partial charge in [-0.3, -0.25) is 4.90 Å². The number of nitrogens with zero attached hydrogens (tertiary/aromatic N) is 4. The third-order valence-corrected chi connectivity index (χ3v) is 6.36. The van der Waals surface area contributed by atoms with Gasteiger partial charge >= 0.3 is 12.2 Å². The van der Waals surface area contributed by atoms with Crippen LogP contribution >= 0.6 is 11.6 Å². The smallest absolute Gasteiger partial charge is 0.415 e. The number of carbonyl (C=O) groups is 2. The van der Waals surface area contributed by atoms with E-state index in [9.17, 15) is 14.0 Å². The molecule has 10 nitrogen and oxygen atoms in total. The molecule has 3 heterocycles. The van der Waals surface area contributed by atoms with E-state index in [1.165, 1.54) is 35.4 Å². The molecule has 0 radical (unpaired) electrons. The summed E-state index contributed by atoms with van der Waals surface area (Å²) in [7, 11) is 1.48. The van der Waals surface area contributed by atoms with Gasteiger partial charge in [-0.1, -0.05) is 17.7 Å². The van der Waals surface area contributed by atoms with Crippen molar-refractivity contribution in [3.63, 3.8) is 0 Å². The van der Waals surface area contributed by atoms with E-state index in [2.05, 4.69) is 15.3 Å². The Morgan fingerprint density at radius 1 is 1.24 bits per heavy atom. The number of anilines is 3. The van der Waals surface area contributed by atoms with Crippen LogP contribution in [0.1, 0.15) is 20.8 Å². The lowest BCUT2D eigenvalue weighted by atomic mass is 10.1. The molecule has 1 N–H and O–H groups in total. The van der Waals surface area contributed by atoms with E-state index in [1.54, 1.807) is 39.0 Å². The van der Waals surface area contributed by atoms with Crippen LogP contribution in [0, 0.1) is 5.82 Å². The van der Waals surface area contributed by atoms with Crippen molar-refractivity contribution in [3.05, 3.63) is 47.5 Å². The number of halogens is 2.